The highest BCUT2D eigenvalue weighted by atomic mass is 79.9. The zero-order chi connectivity index (χ0) is 15.0. The fourth-order valence-electron chi connectivity index (χ4n) is 1.97. The van der Waals surface area contributed by atoms with Crippen LogP contribution in [0.4, 0.5) is 8.78 Å². The molecule has 0 aliphatic carbocycles. The van der Waals surface area contributed by atoms with Crippen molar-refractivity contribution in [3.63, 3.8) is 0 Å². The lowest BCUT2D eigenvalue weighted by Gasteiger charge is -2.08. The summed E-state index contributed by atoms with van der Waals surface area (Å²) in [6, 6.07) is 5.28. The Bertz CT molecular complexity index is 847. The Hall–Kier alpha value is -2.34. The average molecular weight is 353 g/mol. The first kappa shape index (κ1) is 13.6. The van der Waals surface area contributed by atoms with E-state index >= 15 is 0 Å². The van der Waals surface area contributed by atoms with Crippen molar-refractivity contribution in [3.05, 3.63) is 35.0 Å². The van der Waals surface area contributed by atoms with Crippen LogP contribution in [0.1, 0.15) is 5.69 Å². The second-order valence-electron chi connectivity index (χ2n) is 4.17. The Kier molecular flexibility index (Phi) is 3.39. The minimum Gasteiger partial charge on any atom is -0.323 e. The summed E-state index contributed by atoms with van der Waals surface area (Å²) in [4.78, 5) is 8.00. The third-order valence-corrected chi connectivity index (χ3v) is 3.43. The van der Waals surface area contributed by atoms with Gasteiger partial charge in [-0.3, -0.25) is 0 Å². The molecule has 0 fully saturated rings. The molecule has 0 bridgehead atoms. The number of halogens is 3. The fourth-order valence-corrected chi connectivity index (χ4v) is 2.50. The summed E-state index contributed by atoms with van der Waals surface area (Å²) in [7, 11) is 0. The van der Waals surface area contributed by atoms with Crippen LogP contribution in [0.5, 0.6) is 0 Å². The van der Waals surface area contributed by atoms with Crippen LogP contribution in [0.15, 0.2) is 29.3 Å². The molecule has 106 valence electrons. The Balaban J connectivity index is 2.16. The van der Waals surface area contributed by atoms with Gasteiger partial charge in [0, 0.05) is 0 Å². The number of rotatable bonds is 3. The summed E-state index contributed by atoms with van der Waals surface area (Å²) < 4.78 is 28.3. The molecular weight excluding hydrogens is 346 g/mol. The Morgan fingerprint density at radius 2 is 2.14 bits per heavy atom. The van der Waals surface area contributed by atoms with Crippen molar-refractivity contribution in [1.29, 1.82) is 5.26 Å². The Labute approximate surface area is 125 Å². The van der Waals surface area contributed by atoms with E-state index < -0.39 is 13.0 Å². The maximum absolute atomic E-state index is 12.6. The van der Waals surface area contributed by atoms with E-state index in [1.807, 2.05) is 6.07 Å². The number of hydrogen-bond acceptors (Lipinski definition) is 4. The number of aromatic nitrogens is 5. The van der Waals surface area contributed by atoms with E-state index in [9.17, 15) is 8.78 Å². The number of fused-ring (bicyclic) bond motifs is 1. The fraction of sp³-hybridized carbons (Fsp3) is 0.167. The van der Waals surface area contributed by atoms with E-state index in [1.165, 1.54) is 21.6 Å². The monoisotopic (exact) mass is 352 g/mol. The molecule has 6 nitrogen and oxygen atoms in total. The summed E-state index contributed by atoms with van der Waals surface area (Å²) in [6.07, 6.45) is 0.213. The Morgan fingerprint density at radius 3 is 2.86 bits per heavy atom. The first-order valence-corrected chi connectivity index (χ1v) is 6.63. The first-order chi connectivity index (χ1) is 10.1. The molecule has 0 aliphatic rings. The van der Waals surface area contributed by atoms with Gasteiger partial charge in [-0.1, -0.05) is 0 Å². The maximum atomic E-state index is 12.6. The summed E-state index contributed by atoms with van der Waals surface area (Å²) in [5.74, 6) is 0. The SMILES string of the molecule is N#Cc1cnc2ccc(-c3c(Br)ncn3CC(F)F)nn12. The summed E-state index contributed by atoms with van der Waals surface area (Å²) in [6.45, 7) is -0.483. The van der Waals surface area contributed by atoms with Gasteiger partial charge in [0.1, 0.15) is 22.1 Å². The van der Waals surface area contributed by atoms with Crippen molar-refractivity contribution in [2.75, 3.05) is 0 Å². The average Bonchev–Trinajstić information content (AvgIpc) is 3.01. The van der Waals surface area contributed by atoms with Crippen molar-refractivity contribution in [3.8, 4) is 17.5 Å². The molecule has 0 atom stereocenters. The van der Waals surface area contributed by atoms with Crippen LogP contribution < -0.4 is 0 Å². The quantitative estimate of drug-likeness (QED) is 0.725. The second kappa shape index (κ2) is 5.21. The summed E-state index contributed by atoms with van der Waals surface area (Å²) >= 11 is 3.23. The largest absolute Gasteiger partial charge is 0.323 e. The van der Waals surface area contributed by atoms with E-state index in [0.29, 0.717) is 21.6 Å². The third kappa shape index (κ3) is 2.38. The van der Waals surface area contributed by atoms with Crippen LogP contribution in [0, 0.1) is 11.3 Å². The van der Waals surface area contributed by atoms with Gasteiger partial charge in [-0.15, -0.1) is 0 Å². The Morgan fingerprint density at radius 1 is 1.33 bits per heavy atom. The molecule has 0 amide bonds. The lowest BCUT2D eigenvalue weighted by molar-refractivity contribution is 0.127. The van der Waals surface area contributed by atoms with E-state index in [0.717, 1.165) is 0 Å². The number of alkyl halides is 2. The zero-order valence-corrected chi connectivity index (χ0v) is 12.0. The lowest BCUT2D eigenvalue weighted by atomic mass is 10.3. The first-order valence-electron chi connectivity index (χ1n) is 5.84. The number of nitrogens with zero attached hydrogens (tertiary/aromatic N) is 6. The van der Waals surface area contributed by atoms with Gasteiger partial charge in [0.15, 0.2) is 11.3 Å². The molecule has 0 spiro atoms. The normalized spacial score (nSPS) is 11.2. The molecular formula is C12H7BrF2N6. The highest BCUT2D eigenvalue weighted by Gasteiger charge is 2.17. The van der Waals surface area contributed by atoms with Crippen LogP contribution in [-0.4, -0.2) is 30.6 Å². The van der Waals surface area contributed by atoms with Crippen molar-refractivity contribution in [2.24, 2.45) is 0 Å². The van der Waals surface area contributed by atoms with Gasteiger partial charge in [0.25, 0.3) is 6.43 Å². The van der Waals surface area contributed by atoms with Crippen LogP contribution in [-0.2, 0) is 6.54 Å². The summed E-state index contributed by atoms with van der Waals surface area (Å²) in [5, 5.41) is 13.3. The molecule has 0 aliphatic heterocycles. The molecule has 0 N–H and O–H groups in total. The summed E-state index contributed by atoms with van der Waals surface area (Å²) in [5.41, 5.74) is 1.62. The van der Waals surface area contributed by atoms with Gasteiger partial charge in [0.05, 0.1) is 19.1 Å². The van der Waals surface area contributed by atoms with Gasteiger partial charge >= 0.3 is 0 Å². The number of nitriles is 1. The molecule has 3 rings (SSSR count). The second-order valence-corrected chi connectivity index (χ2v) is 4.92. The van der Waals surface area contributed by atoms with E-state index in [2.05, 4.69) is 31.0 Å². The molecule has 0 saturated heterocycles. The van der Waals surface area contributed by atoms with Crippen molar-refractivity contribution in [2.45, 2.75) is 13.0 Å². The number of imidazole rings is 2. The van der Waals surface area contributed by atoms with Gasteiger partial charge < -0.3 is 4.57 Å². The van der Waals surface area contributed by atoms with E-state index in [-0.39, 0.29) is 5.69 Å². The third-order valence-electron chi connectivity index (χ3n) is 2.85. The lowest BCUT2D eigenvalue weighted by Crippen LogP contribution is -2.08. The van der Waals surface area contributed by atoms with Crippen LogP contribution >= 0.6 is 15.9 Å². The standard InChI is InChI=1S/C12H7BrF2N6/c13-12-11(20(6-18-12)5-9(14)15)8-1-2-10-17-4-7(3-16)21(10)19-8/h1-2,4,6,9H,5H2. The minimum atomic E-state index is -2.50. The smallest absolute Gasteiger partial charge is 0.256 e. The van der Waals surface area contributed by atoms with E-state index in [4.69, 9.17) is 5.26 Å². The molecule has 0 radical (unpaired) electrons. The van der Waals surface area contributed by atoms with Gasteiger partial charge in [-0.2, -0.15) is 10.4 Å². The molecule has 3 aromatic rings. The van der Waals surface area contributed by atoms with Gasteiger partial charge in [-0.25, -0.2) is 23.3 Å². The molecule has 21 heavy (non-hydrogen) atoms. The molecule has 3 heterocycles. The molecule has 9 heteroatoms. The van der Waals surface area contributed by atoms with Crippen LogP contribution in [0.3, 0.4) is 0 Å². The minimum absolute atomic E-state index is 0.267. The number of hydrogen-bond donors (Lipinski definition) is 0. The van der Waals surface area contributed by atoms with E-state index in [1.54, 1.807) is 12.1 Å². The molecule has 0 unspecified atom stereocenters. The van der Waals surface area contributed by atoms with Gasteiger partial charge in [0.2, 0.25) is 0 Å². The van der Waals surface area contributed by atoms with Crippen LogP contribution in [0.25, 0.3) is 17.0 Å². The van der Waals surface area contributed by atoms with Crippen LogP contribution in [0.2, 0.25) is 0 Å². The molecule has 0 aromatic carbocycles. The van der Waals surface area contributed by atoms with Gasteiger partial charge in [-0.05, 0) is 28.1 Å². The molecule has 0 saturated carbocycles. The zero-order valence-electron chi connectivity index (χ0n) is 10.4. The highest BCUT2D eigenvalue weighted by molar-refractivity contribution is 9.10. The highest BCUT2D eigenvalue weighted by Crippen LogP contribution is 2.26. The van der Waals surface area contributed by atoms with Crippen molar-refractivity contribution >= 4 is 21.6 Å². The topological polar surface area (TPSA) is 71.8 Å². The maximum Gasteiger partial charge on any atom is 0.256 e. The predicted molar refractivity (Wildman–Crippen MR) is 72.6 cm³/mol. The van der Waals surface area contributed by atoms with Crippen molar-refractivity contribution in [1.82, 2.24) is 24.1 Å². The molecule has 3 aromatic heterocycles. The van der Waals surface area contributed by atoms with Crippen molar-refractivity contribution < 1.29 is 8.78 Å². The predicted octanol–water partition coefficient (Wildman–Crippen LogP) is 2.49.